The molecule has 0 aliphatic heterocycles. The third-order valence-corrected chi connectivity index (χ3v) is 4.47. The van der Waals surface area contributed by atoms with Crippen LogP contribution in [0.5, 0.6) is 0 Å². The first-order valence-corrected chi connectivity index (χ1v) is 7.02. The van der Waals surface area contributed by atoms with Gasteiger partial charge in [0.05, 0.1) is 6.07 Å². The van der Waals surface area contributed by atoms with Crippen molar-refractivity contribution in [3.8, 4) is 6.07 Å². The van der Waals surface area contributed by atoms with E-state index in [9.17, 15) is 10.1 Å². The molecule has 0 bridgehead atoms. The third-order valence-electron chi connectivity index (χ3n) is 4.22. The van der Waals surface area contributed by atoms with Gasteiger partial charge in [-0.25, -0.2) is 0 Å². The highest BCUT2D eigenvalue weighted by molar-refractivity contribution is 6.30. The summed E-state index contributed by atoms with van der Waals surface area (Å²) >= 11 is 5.84. The van der Waals surface area contributed by atoms with Crippen molar-refractivity contribution in [1.82, 2.24) is 0 Å². The molecule has 3 heteroatoms. The Labute approximate surface area is 119 Å². The van der Waals surface area contributed by atoms with Crippen molar-refractivity contribution in [3.63, 3.8) is 0 Å². The first-order chi connectivity index (χ1) is 8.95. The van der Waals surface area contributed by atoms with Crippen molar-refractivity contribution in [2.24, 2.45) is 11.3 Å². The van der Waals surface area contributed by atoms with Gasteiger partial charge in [0.1, 0.15) is 5.92 Å². The van der Waals surface area contributed by atoms with Gasteiger partial charge < -0.3 is 0 Å². The number of ketones is 1. The summed E-state index contributed by atoms with van der Waals surface area (Å²) in [6.07, 6.45) is 3.03. The van der Waals surface area contributed by atoms with E-state index in [-0.39, 0.29) is 17.1 Å². The number of carbonyl (C=O) groups is 1. The average molecular weight is 276 g/mol. The highest BCUT2D eigenvalue weighted by Crippen LogP contribution is 2.45. The first kappa shape index (κ1) is 14.1. The Bertz CT molecular complexity index is 513. The molecule has 100 valence electrons. The Morgan fingerprint density at radius 2 is 2.05 bits per heavy atom. The van der Waals surface area contributed by atoms with Crippen molar-refractivity contribution in [1.29, 1.82) is 5.26 Å². The lowest BCUT2D eigenvalue weighted by Crippen LogP contribution is -2.29. The molecule has 0 radical (unpaired) electrons. The molecule has 2 atom stereocenters. The number of benzene rings is 1. The zero-order valence-electron chi connectivity index (χ0n) is 11.3. The first-order valence-electron chi connectivity index (χ1n) is 6.64. The van der Waals surface area contributed by atoms with Gasteiger partial charge in [-0.3, -0.25) is 4.79 Å². The van der Waals surface area contributed by atoms with Gasteiger partial charge >= 0.3 is 0 Å². The molecule has 2 nitrogen and oxygen atoms in total. The Kier molecular flexibility index (Phi) is 3.96. The van der Waals surface area contributed by atoms with Crippen LogP contribution in [0.2, 0.25) is 5.02 Å². The SMILES string of the molecule is CC1(C)CCCC1C(=O)C(C#N)c1ccc(Cl)cc1. The molecular formula is C16H18ClNO. The van der Waals surface area contributed by atoms with E-state index in [0.717, 1.165) is 24.8 Å². The summed E-state index contributed by atoms with van der Waals surface area (Å²) in [4.78, 5) is 12.6. The molecule has 1 aromatic rings. The highest BCUT2D eigenvalue weighted by Gasteiger charge is 2.42. The van der Waals surface area contributed by atoms with E-state index >= 15 is 0 Å². The van der Waals surface area contributed by atoms with Gasteiger partial charge in [0.15, 0.2) is 5.78 Å². The van der Waals surface area contributed by atoms with Crippen molar-refractivity contribution in [2.75, 3.05) is 0 Å². The summed E-state index contributed by atoms with van der Waals surface area (Å²) in [6, 6.07) is 9.17. The molecule has 0 spiro atoms. The van der Waals surface area contributed by atoms with Gasteiger partial charge in [0.25, 0.3) is 0 Å². The fourth-order valence-electron chi connectivity index (χ4n) is 3.01. The molecule has 0 aromatic heterocycles. The number of Topliss-reactive ketones (excluding diaryl/α,β-unsaturated/α-hetero) is 1. The Hall–Kier alpha value is -1.33. The standard InChI is InChI=1S/C16H18ClNO/c1-16(2)9-3-4-14(16)15(19)13(10-18)11-5-7-12(17)8-6-11/h5-8,13-14H,3-4,9H2,1-2H3. The summed E-state index contributed by atoms with van der Waals surface area (Å²) in [7, 11) is 0. The van der Waals surface area contributed by atoms with Crippen molar-refractivity contribution in [2.45, 2.75) is 39.0 Å². The zero-order valence-corrected chi connectivity index (χ0v) is 12.1. The molecule has 1 aromatic carbocycles. The van der Waals surface area contributed by atoms with Crippen LogP contribution < -0.4 is 0 Å². The molecular weight excluding hydrogens is 258 g/mol. The van der Waals surface area contributed by atoms with Crippen LogP contribution in [0.25, 0.3) is 0 Å². The van der Waals surface area contributed by atoms with E-state index in [4.69, 9.17) is 11.6 Å². The zero-order chi connectivity index (χ0) is 14.0. The van der Waals surface area contributed by atoms with Crippen molar-refractivity contribution < 1.29 is 4.79 Å². The summed E-state index contributed by atoms with van der Waals surface area (Å²) in [5.41, 5.74) is 0.762. The lowest BCUT2D eigenvalue weighted by atomic mass is 9.75. The maximum Gasteiger partial charge on any atom is 0.158 e. The number of nitrogens with zero attached hydrogens (tertiary/aromatic N) is 1. The van der Waals surface area contributed by atoms with Gasteiger partial charge in [-0.05, 0) is 36.0 Å². The number of hydrogen-bond donors (Lipinski definition) is 0. The lowest BCUT2D eigenvalue weighted by molar-refractivity contribution is -0.125. The average Bonchev–Trinajstić information content (AvgIpc) is 2.72. The summed E-state index contributed by atoms with van der Waals surface area (Å²) in [5.74, 6) is -0.611. The molecule has 19 heavy (non-hydrogen) atoms. The molecule has 1 aliphatic carbocycles. The summed E-state index contributed by atoms with van der Waals surface area (Å²) in [6.45, 7) is 4.25. The van der Waals surface area contributed by atoms with Gasteiger partial charge in [0.2, 0.25) is 0 Å². The van der Waals surface area contributed by atoms with Gasteiger partial charge in [0, 0.05) is 10.9 Å². The van der Waals surface area contributed by atoms with Crippen LogP contribution >= 0.6 is 11.6 Å². The number of hydrogen-bond acceptors (Lipinski definition) is 2. The van der Waals surface area contributed by atoms with E-state index in [2.05, 4.69) is 19.9 Å². The number of halogens is 1. The largest absolute Gasteiger partial charge is 0.298 e. The Balaban J connectivity index is 2.25. The molecule has 1 saturated carbocycles. The van der Waals surface area contributed by atoms with Crippen LogP contribution in [0.3, 0.4) is 0 Å². The van der Waals surface area contributed by atoms with Crippen LogP contribution in [0.1, 0.15) is 44.6 Å². The summed E-state index contributed by atoms with van der Waals surface area (Å²) < 4.78 is 0. The van der Waals surface area contributed by atoms with Crippen LogP contribution in [-0.2, 0) is 4.79 Å². The predicted molar refractivity (Wildman–Crippen MR) is 75.9 cm³/mol. The topological polar surface area (TPSA) is 40.9 Å². The maximum atomic E-state index is 12.6. The number of carbonyl (C=O) groups excluding carboxylic acids is 1. The van der Waals surface area contributed by atoms with E-state index in [0.29, 0.717) is 5.02 Å². The van der Waals surface area contributed by atoms with Crippen LogP contribution in [-0.4, -0.2) is 5.78 Å². The lowest BCUT2D eigenvalue weighted by Gasteiger charge is -2.27. The van der Waals surface area contributed by atoms with Gasteiger partial charge in [-0.15, -0.1) is 0 Å². The summed E-state index contributed by atoms with van der Waals surface area (Å²) in [5, 5.41) is 9.97. The number of nitriles is 1. The second-order valence-corrected chi connectivity index (χ2v) is 6.39. The van der Waals surface area contributed by atoms with E-state index in [1.165, 1.54) is 0 Å². The highest BCUT2D eigenvalue weighted by atomic mass is 35.5. The molecule has 0 amide bonds. The maximum absolute atomic E-state index is 12.6. The minimum atomic E-state index is -0.667. The molecule has 0 heterocycles. The van der Waals surface area contributed by atoms with Crippen molar-refractivity contribution >= 4 is 17.4 Å². The third kappa shape index (κ3) is 2.82. The van der Waals surface area contributed by atoms with Gasteiger partial charge in [-0.2, -0.15) is 5.26 Å². The molecule has 2 rings (SSSR count). The van der Waals surface area contributed by atoms with Crippen LogP contribution in [0, 0.1) is 22.7 Å². The second kappa shape index (κ2) is 5.35. The molecule has 1 fully saturated rings. The minimum absolute atomic E-state index is 0.00664. The van der Waals surface area contributed by atoms with Crippen molar-refractivity contribution in [3.05, 3.63) is 34.9 Å². The van der Waals surface area contributed by atoms with E-state index in [1.807, 2.05) is 0 Å². The van der Waals surface area contributed by atoms with Crippen LogP contribution in [0.15, 0.2) is 24.3 Å². The normalized spacial score (nSPS) is 22.7. The fourth-order valence-corrected chi connectivity index (χ4v) is 3.14. The quantitative estimate of drug-likeness (QED) is 0.823. The predicted octanol–water partition coefficient (Wildman–Crippen LogP) is 4.34. The minimum Gasteiger partial charge on any atom is -0.298 e. The smallest absolute Gasteiger partial charge is 0.158 e. The molecule has 0 N–H and O–H groups in total. The van der Waals surface area contributed by atoms with E-state index in [1.54, 1.807) is 24.3 Å². The second-order valence-electron chi connectivity index (χ2n) is 5.95. The molecule has 0 saturated heterocycles. The monoisotopic (exact) mass is 275 g/mol. The molecule has 2 unspecified atom stereocenters. The Morgan fingerprint density at radius 1 is 1.42 bits per heavy atom. The fraction of sp³-hybridized carbons (Fsp3) is 0.500. The number of rotatable bonds is 3. The molecule has 1 aliphatic rings. The Morgan fingerprint density at radius 3 is 2.53 bits per heavy atom. The van der Waals surface area contributed by atoms with Crippen LogP contribution in [0.4, 0.5) is 0 Å². The van der Waals surface area contributed by atoms with Gasteiger partial charge in [-0.1, -0.05) is 44.0 Å². The van der Waals surface area contributed by atoms with E-state index < -0.39 is 5.92 Å².